The van der Waals surface area contributed by atoms with Crippen molar-refractivity contribution in [2.45, 2.75) is 0 Å². The van der Waals surface area contributed by atoms with Crippen molar-refractivity contribution in [3.63, 3.8) is 0 Å². The first kappa shape index (κ1) is 6.97. The van der Waals surface area contributed by atoms with Crippen molar-refractivity contribution >= 4 is 33.0 Å². The molecule has 0 radical (unpaired) electrons. The number of benzene rings is 1. The molecule has 0 spiro atoms. The van der Waals surface area contributed by atoms with Crippen LogP contribution in [-0.4, -0.2) is 4.37 Å². The standard InChI is InChI=1S/C10H8N2S/c1-2-6-11-13-10-7(3-1)4-5-8-9(10)12-8/h1-6,11-12H. The van der Waals surface area contributed by atoms with E-state index in [1.165, 1.54) is 21.5 Å². The number of rotatable bonds is 0. The second kappa shape index (κ2) is 2.50. The third-order valence-corrected chi connectivity index (χ3v) is 3.00. The molecule has 2 aromatic rings. The number of aromatic amines is 1. The van der Waals surface area contributed by atoms with E-state index in [1.54, 1.807) is 11.5 Å². The van der Waals surface area contributed by atoms with Gasteiger partial charge in [0, 0.05) is 6.20 Å². The normalized spacial score (nSPS) is 11.7. The third-order valence-electron chi connectivity index (χ3n) is 2.10. The molecule has 0 aliphatic carbocycles. The SMILES string of the molecule is c1ccc2ccc3c(c2s[nH]c1)N3. The number of hydrogen-bond donors (Lipinski definition) is 2. The molecule has 2 N–H and O–H groups in total. The van der Waals surface area contributed by atoms with Gasteiger partial charge in [0.05, 0.1) is 16.1 Å². The molecule has 0 saturated heterocycles. The minimum Gasteiger partial charge on any atom is -0.351 e. The van der Waals surface area contributed by atoms with E-state index >= 15 is 0 Å². The van der Waals surface area contributed by atoms with Crippen molar-refractivity contribution in [1.29, 1.82) is 0 Å². The van der Waals surface area contributed by atoms with Gasteiger partial charge in [0.15, 0.2) is 0 Å². The van der Waals surface area contributed by atoms with Gasteiger partial charge in [-0.3, -0.25) is 0 Å². The Morgan fingerprint density at radius 1 is 1.08 bits per heavy atom. The molecule has 1 aromatic heterocycles. The van der Waals surface area contributed by atoms with Gasteiger partial charge in [-0.15, -0.1) is 0 Å². The van der Waals surface area contributed by atoms with Crippen molar-refractivity contribution in [1.82, 2.24) is 4.37 Å². The third kappa shape index (κ3) is 1.09. The van der Waals surface area contributed by atoms with E-state index in [0.29, 0.717) is 0 Å². The van der Waals surface area contributed by atoms with E-state index < -0.39 is 0 Å². The van der Waals surface area contributed by atoms with Crippen LogP contribution in [0.15, 0.2) is 36.5 Å². The van der Waals surface area contributed by atoms with Crippen LogP contribution in [0.2, 0.25) is 0 Å². The van der Waals surface area contributed by atoms with Gasteiger partial charge in [0.2, 0.25) is 0 Å². The van der Waals surface area contributed by atoms with Gasteiger partial charge in [-0.25, -0.2) is 0 Å². The van der Waals surface area contributed by atoms with Crippen LogP contribution < -0.4 is 5.32 Å². The van der Waals surface area contributed by atoms with Gasteiger partial charge in [0.1, 0.15) is 0 Å². The Morgan fingerprint density at radius 3 is 3.08 bits per heavy atom. The summed E-state index contributed by atoms with van der Waals surface area (Å²) >= 11 is 1.65. The Labute approximate surface area is 79.7 Å². The summed E-state index contributed by atoms with van der Waals surface area (Å²) in [7, 11) is 0. The highest BCUT2D eigenvalue weighted by Gasteiger charge is 2.18. The van der Waals surface area contributed by atoms with Crippen LogP contribution in [0.4, 0.5) is 11.4 Å². The fraction of sp³-hybridized carbons (Fsp3) is 0. The van der Waals surface area contributed by atoms with Gasteiger partial charge in [-0.05, 0) is 17.5 Å². The first-order valence-corrected chi connectivity index (χ1v) is 4.96. The lowest BCUT2D eigenvalue weighted by Crippen LogP contribution is -1.62. The second-order valence-electron chi connectivity index (χ2n) is 2.97. The van der Waals surface area contributed by atoms with Crippen molar-refractivity contribution in [2.24, 2.45) is 0 Å². The molecule has 0 bridgehead atoms. The molecule has 3 rings (SSSR count). The fourth-order valence-corrected chi connectivity index (χ4v) is 2.17. The molecule has 13 heavy (non-hydrogen) atoms. The molecule has 2 nitrogen and oxygen atoms in total. The summed E-state index contributed by atoms with van der Waals surface area (Å²) in [6, 6.07) is 10.4. The molecule has 0 saturated carbocycles. The maximum absolute atomic E-state index is 3.25. The lowest BCUT2D eigenvalue weighted by atomic mass is 10.2. The molecule has 0 atom stereocenters. The molecule has 0 unspecified atom stereocenters. The van der Waals surface area contributed by atoms with Gasteiger partial charge in [-0.1, -0.05) is 29.7 Å². The van der Waals surface area contributed by atoms with Crippen LogP contribution in [0, 0.1) is 0 Å². The minimum absolute atomic E-state index is 1.26. The average Bonchev–Trinajstić information content (AvgIpc) is 2.83. The zero-order valence-corrected chi connectivity index (χ0v) is 7.69. The maximum Gasteiger partial charge on any atom is 0.0820 e. The number of H-pyrrole nitrogens is 1. The molecule has 1 aliphatic rings. The van der Waals surface area contributed by atoms with Crippen LogP contribution in [0.25, 0.3) is 10.1 Å². The molecule has 0 amide bonds. The monoisotopic (exact) mass is 188 g/mol. The fourth-order valence-electron chi connectivity index (χ4n) is 1.39. The molecular formula is C10H8N2S. The van der Waals surface area contributed by atoms with Crippen molar-refractivity contribution in [2.75, 3.05) is 5.32 Å². The van der Waals surface area contributed by atoms with E-state index in [4.69, 9.17) is 0 Å². The van der Waals surface area contributed by atoms with E-state index in [-0.39, 0.29) is 0 Å². The van der Waals surface area contributed by atoms with Crippen LogP contribution in [-0.2, 0) is 0 Å². The molecular weight excluding hydrogens is 180 g/mol. The van der Waals surface area contributed by atoms with Gasteiger partial charge >= 0.3 is 0 Å². The first-order valence-electron chi connectivity index (χ1n) is 4.15. The number of nitrogens with one attached hydrogen (secondary N) is 2. The summed E-state index contributed by atoms with van der Waals surface area (Å²) in [5, 5.41) is 4.52. The number of aromatic nitrogens is 1. The topological polar surface area (TPSA) is 37.7 Å². The Bertz CT molecular complexity index is 509. The summed E-state index contributed by atoms with van der Waals surface area (Å²) in [6.07, 6.45) is 1.94. The summed E-state index contributed by atoms with van der Waals surface area (Å²) in [4.78, 5) is 0. The zero-order valence-electron chi connectivity index (χ0n) is 6.87. The van der Waals surface area contributed by atoms with Gasteiger partial charge < -0.3 is 9.69 Å². The van der Waals surface area contributed by atoms with Crippen LogP contribution in [0.3, 0.4) is 0 Å². The molecule has 0 fully saturated rings. The Kier molecular flexibility index (Phi) is 1.34. The predicted octanol–water partition coefficient (Wildman–Crippen LogP) is 3.41. The highest BCUT2D eigenvalue weighted by Crippen LogP contribution is 2.45. The molecule has 1 aliphatic heterocycles. The Hall–Kier alpha value is -1.48. The van der Waals surface area contributed by atoms with Crippen molar-refractivity contribution in [3.05, 3.63) is 36.5 Å². The Balaban J connectivity index is 2.47. The lowest BCUT2D eigenvalue weighted by molar-refractivity contribution is 1.55. The van der Waals surface area contributed by atoms with Crippen molar-refractivity contribution in [3.8, 4) is 0 Å². The molecule has 2 heterocycles. The van der Waals surface area contributed by atoms with Crippen LogP contribution in [0.1, 0.15) is 0 Å². The van der Waals surface area contributed by atoms with Crippen LogP contribution >= 0.6 is 11.5 Å². The summed E-state index contributed by atoms with van der Waals surface area (Å²) in [5.41, 5.74) is 2.53. The maximum atomic E-state index is 3.25. The predicted molar refractivity (Wildman–Crippen MR) is 57.1 cm³/mol. The van der Waals surface area contributed by atoms with E-state index in [1.807, 2.05) is 18.3 Å². The lowest BCUT2D eigenvalue weighted by Gasteiger charge is -1.88. The first-order chi connectivity index (χ1) is 6.45. The van der Waals surface area contributed by atoms with Gasteiger partial charge in [-0.2, -0.15) is 0 Å². The minimum atomic E-state index is 1.26. The Morgan fingerprint density at radius 2 is 2.08 bits per heavy atom. The zero-order chi connectivity index (χ0) is 8.67. The molecule has 1 aromatic carbocycles. The molecule has 64 valence electrons. The quantitative estimate of drug-likeness (QED) is 0.521. The van der Waals surface area contributed by atoms with Gasteiger partial charge in [0.25, 0.3) is 0 Å². The second-order valence-corrected chi connectivity index (χ2v) is 3.82. The van der Waals surface area contributed by atoms with Crippen LogP contribution in [0.5, 0.6) is 0 Å². The van der Waals surface area contributed by atoms with E-state index in [0.717, 1.165) is 0 Å². The number of fused-ring (bicyclic) bond motifs is 3. The summed E-state index contributed by atoms with van der Waals surface area (Å²) < 4.78 is 4.45. The van der Waals surface area contributed by atoms with E-state index in [9.17, 15) is 0 Å². The average molecular weight is 188 g/mol. The summed E-state index contributed by atoms with van der Waals surface area (Å²) in [5.74, 6) is 0. The highest BCUT2D eigenvalue weighted by atomic mass is 32.1. The highest BCUT2D eigenvalue weighted by molar-refractivity contribution is 7.13. The van der Waals surface area contributed by atoms with Crippen molar-refractivity contribution < 1.29 is 0 Å². The molecule has 3 heteroatoms. The number of anilines is 2. The largest absolute Gasteiger partial charge is 0.351 e. The number of hydrogen-bond acceptors (Lipinski definition) is 2. The smallest absolute Gasteiger partial charge is 0.0820 e. The van der Waals surface area contributed by atoms with E-state index in [2.05, 4.69) is 27.9 Å². The summed E-state index contributed by atoms with van der Waals surface area (Å²) in [6.45, 7) is 0.